The molecule has 13 nitrogen and oxygen atoms in total. The Labute approximate surface area is 235 Å². The first-order valence-electron chi connectivity index (χ1n) is 12.7. The summed E-state index contributed by atoms with van der Waals surface area (Å²) in [5.74, 6) is -3.36. The van der Waals surface area contributed by atoms with E-state index in [2.05, 4.69) is 22.7 Å². The highest BCUT2D eigenvalue weighted by atomic mass is 31.2. The van der Waals surface area contributed by atoms with Gasteiger partial charge in [0, 0.05) is 24.7 Å². The molecule has 1 aromatic heterocycles. The van der Waals surface area contributed by atoms with Crippen LogP contribution in [-0.2, 0) is 18.6 Å². The summed E-state index contributed by atoms with van der Waals surface area (Å²) in [6.07, 6.45) is -2.28. The number of carbonyl (C=O) groups is 1. The molecular weight excluding hydrogens is 562 g/mol. The van der Waals surface area contributed by atoms with E-state index < -0.39 is 61.3 Å². The Hall–Kier alpha value is -3.35. The number of halogens is 1. The van der Waals surface area contributed by atoms with Gasteiger partial charge in [0.1, 0.15) is 24.6 Å². The number of carbonyl (C=O) groups excluding carboxylic acids is 1. The van der Waals surface area contributed by atoms with E-state index in [0.29, 0.717) is 0 Å². The van der Waals surface area contributed by atoms with Crippen LogP contribution in [0.25, 0.3) is 0 Å². The van der Waals surface area contributed by atoms with Gasteiger partial charge in [-0.25, -0.2) is 18.8 Å². The molecule has 0 spiro atoms. The smallest absolute Gasteiger partial charge is 0.459 e. The van der Waals surface area contributed by atoms with Crippen LogP contribution in [0, 0.1) is 0 Å². The SMILES string of the molecule is C=C=C[C@]1(O)[C@H](n2ccc(=O)[nH]c2=O)N[C@](F)(COP(=O)(NC(C)CCC(=O)OC(C)C)Oc2ccccc2)[C@H]1O. The number of aromatic amines is 1. The largest absolute Gasteiger partial charge is 0.463 e. The fourth-order valence-corrected chi connectivity index (χ4v) is 5.79. The van der Waals surface area contributed by atoms with Crippen molar-refractivity contribution in [3.63, 3.8) is 0 Å². The molecule has 1 aliphatic heterocycles. The third-order valence-electron chi connectivity index (χ3n) is 6.09. The van der Waals surface area contributed by atoms with Crippen LogP contribution in [0.15, 0.2) is 70.6 Å². The first-order chi connectivity index (χ1) is 19.2. The average Bonchev–Trinajstić information content (AvgIpc) is 3.08. The molecule has 0 aliphatic carbocycles. The molecule has 1 fully saturated rings. The molecule has 1 aromatic carbocycles. The second-order valence-corrected chi connectivity index (χ2v) is 11.5. The van der Waals surface area contributed by atoms with E-state index in [9.17, 15) is 29.2 Å². The lowest BCUT2D eigenvalue weighted by Gasteiger charge is -2.30. The molecule has 41 heavy (non-hydrogen) atoms. The highest BCUT2D eigenvalue weighted by Gasteiger charge is 2.63. The number of H-pyrrole nitrogens is 1. The van der Waals surface area contributed by atoms with Crippen LogP contribution in [0.5, 0.6) is 5.75 Å². The highest BCUT2D eigenvalue weighted by molar-refractivity contribution is 7.52. The Morgan fingerprint density at radius 2 is 1.98 bits per heavy atom. The molecule has 0 radical (unpaired) electrons. The number of alkyl halides is 1. The summed E-state index contributed by atoms with van der Waals surface area (Å²) in [5, 5.41) is 27.1. The van der Waals surface area contributed by atoms with Gasteiger partial charge in [-0.3, -0.25) is 29.0 Å². The summed E-state index contributed by atoms with van der Waals surface area (Å²) < 4.78 is 47.0. The fourth-order valence-electron chi connectivity index (χ4n) is 4.18. The molecule has 2 aromatic rings. The lowest BCUT2D eigenvalue weighted by molar-refractivity contribution is -0.147. The van der Waals surface area contributed by atoms with Gasteiger partial charge in [0.05, 0.1) is 6.10 Å². The molecule has 3 rings (SSSR count). The quantitative estimate of drug-likeness (QED) is 0.0982. The van der Waals surface area contributed by atoms with Crippen LogP contribution < -0.4 is 26.2 Å². The minimum absolute atomic E-state index is 0.0124. The maximum Gasteiger partial charge on any atom is 0.459 e. The van der Waals surface area contributed by atoms with Crippen LogP contribution >= 0.6 is 7.75 Å². The Bertz CT molecular complexity index is 1430. The molecule has 2 heterocycles. The summed E-state index contributed by atoms with van der Waals surface area (Å²) in [7, 11) is -4.40. The Morgan fingerprint density at radius 3 is 2.59 bits per heavy atom. The Morgan fingerprint density at radius 1 is 1.29 bits per heavy atom. The monoisotopic (exact) mass is 596 g/mol. The average molecular weight is 597 g/mol. The van der Waals surface area contributed by atoms with Crippen molar-refractivity contribution in [2.75, 3.05) is 6.61 Å². The molecule has 1 aliphatic rings. The summed E-state index contributed by atoms with van der Waals surface area (Å²) in [6, 6.07) is 8.21. The van der Waals surface area contributed by atoms with Crippen molar-refractivity contribution in [2.45, 2.75) is 69.4 Å². The molecule has 15 heteroatoms. The summed E-state index contributed by atoms with van der Waals surface area (Å²) >= 11 is 0. The van der Waals surface area contributed by atoms with Gasteiger partial charge in [-0.2, -0.15) is 0 Å². The number of aliphatic hydroxyl groups is 2. The summed E-state index contributed by atoms with van der Waals surface area (Å²) in [4.78, 5) is 37.9. The van der Waals surface area contributed by atoms with Gasteiger partial charge < -0.3 is 19.5 Å². The number of para-hydroxylation sites is 1. The van der Waals surface area contributed by atoms with Crippen LogP contribution in [0.1, 0.15) is 39.8 Å². The number of benzene rings is 1. The number of esters is 1. The van der Waals surface area contributed by atoms with E-state index in [0.717, 1.165) is 22.9 Å². The van der Waals surface area contributed by atoms with Crippen molar-refractivity contribution in [2.24, 2.45) is 0 Å². The first-order valence-corrected chi connectivity index (χ1v) is 14.3. The predicted octanol–water partition coefficient (Wildman–Crippen LogP) is 1.65. The Balaban J connectivity index is 1.86. The van der Waals surface area contributed by atoms with Crippen LogP contribution in [0.2, 0.25) is 0 Å². The van der Waals surface area contributed by atoms with Crippen molar-refractivity contribution in [3.05, 3.63) is 81.8 Å². The van der Waals surface area contributed by atoms with Gasteiger partial charge in [-0.05, 0) is 45.4 Å². The number of rotatable bonds is 13. The van der Waals surface area contributed by atoms with Gasteiger partial charge in [0.25, 0.3) is 5.56 Å². The number of hydrogen-bond acceptors (Lipinski definition) is 10. The topological polar surface area (TPSA) is 181 Å². The van der Waals surface area contributed by atoms with E-state index >= 15 is 4.39 Å². The van der Waals surface area contributed by atoms with Crippen molar-refractivity contribution in [1.29, 1.82) is 0 Å². The number of hydrogen-bond donors (Lipinski definition) is 5. The maximum atomic E-state index is 16.3. The standard InChI is InChI=1S/C26H34FN4O9P/c1-5-14-25(36)22(34)26(27,29-23(25)31-15-13-20(32)28-24(31)35)16-38-41(37,40-19-9-7-6-8-10-19)30-18(4)11-12-21(33)39-17(2)3/h6-10,13-15,17-18,22-23,29,34,36H,1,11-12,16H2,2-4H3,(H,30,37)(H,28,32,35)/t18?,22-,23-,25+,26+,41?/m0/s1. The van der Waals surface area contributed by atoms with Gasteiger partial charge >= 0.3 is 19.4 Å². The molecule has 0 bridgehead atoms. The number of ether oxygens (including phenoxy) is 1. The molecule has 0 amide bonds. The van der Waals surface area contributed by atoms with Crippen molar-refractivity contribution >= 4 is 13.7 Å². The summed E-state index contributed by atoms with van der Waals surface area (Å²) in [5.41, 5.74) is -1.99. The summed E-state index contributed by atoms with van der Waals surface area (Å²) in [6.45, 7) is 7.21. The molecule has 5 N–H and O–H groups in total. The molecule has 224 valence electrons. The van der Waals surface area contributed by atoms with Gasteiger partial charge in [0.2, 0.25) is 5.79 Å². The number of aliphatic hydroxyl groups excluding tert-OH is 1. The lowest BCUT2D eigenvalue weighted by atomic mass is 9.93. The zero-order valence-corrected chi connectivity index (χ0v) is 23.7. The second kappa shape index (κ2) is 13.1. The molecule has 2 unspecified atom stereocenters. The van der Waals surface area contributed by atoms with Gasteiger partial charge in [-0.1, -0.05) is 24.8 Å². The van der Waals surface area contributed by atoms with E-state index in [1.165, 1.54) is 12.1 Å². The molecular formula is C26H34FN4O9P. The molecule has 6 atom stereocenters. The molecule has 0 saturated carbocycles. The van der Waals surface area contributed by atoms with Crippen molar-refractivity contribution in [1.82, 2.24) is 20.0 Å². The minimum atomic E-state index is -4.40. The van der Waals surface area contributed by atoms with Crippen LogP contribution in [0.3, 0.4) is 0 Å². The van der Waals surface area contributed by atoms with Gasteiger partial charge in [0.15, 0.2) is 5.60 Å². The zero-order chi connectivity index (χ0) is 30.4. The fraction of sp³-hybridized carbons (Fsp3) is 0.462. The number of aromatic nitrogens is 2. The first kappa shape index (κ1) is 32.2. The van der Waals surface area contributed by atoms with E-state index in [1.807, 2.05) is 4.98 Å². The van der Waals surface area contributed by atoms with Gasteiger partial charge in [-0.15, -0.1) is 5.73 Å². The third-order valence-corrected chi connectivity index (χ3v) is 7.77. The number of nitrogens with zero attached hydrogens (tertiary/aromatic N) is 1. The molecule has 1 saturated heterocycles. The normalized spacial score (nSPS) is 26.1. The number of nitrogens with one attached hydrogen (secondary N) is 3. The zero-order valence-electron chi connectivity index (χ0n) is 22.8. The van der Waals surface area contributed by atoms with Crippen LogP contribution in [0.4, 0.5) is 4.39 Å². The van der Waals surface area contributed by atoms with E-state index in [-0.39, 0.29) is 24.7 Å². The lowest BCUT2D eigenvalue weighted by Crippen LogP contribution is -2.52. The third kappa shape index (κ3) is 7.90. The van der Waals surface area contributed by atoms with Crippen molar-refractivity contribution in [3.8, 4) is 5.75 Å². The van der Waals surface area contributed by atoms with E-state index in [4.69, 9.17) is 13.8 Å². The van der Waals surface area contributed by atoms with Crippen LogP contribution in [-0.4, -0.2) is 62.0 Å². The minimum Gasteiger partial charge on any atom is -0.463 e. The Kier molecular flexibility index (Phi) is 10.3. The second-order valence-electron chi connectivity index (χ2n) is 9.85. The van der Waals surface area contributed by atoms with Crippen molar-refractivity contribution < 1.29 is 37.7 Å². The van der Waals surface area contributed by atoms with E-state index in [1.54, 1.807) is 39.0 Å². The maximum absolute atomic E-state index is 16.3. The predicted molar refractivity (Wildman–Crippen MR) is 146 cm³/mol. The highest BCUT2D eigenvalue weighted by Crippen LogP contribution is 2.48.